The van der Waals surface area contributed by atoms with E-state index >= 15 is 0 Å². The van der Waals surface area contributed by atoms with E-state index < -0.39 is 17.5 Å². The van der Waals surface area contributed by atoms with Gasteiger partial charge >= 0.3 is 0 Å². The van der Waals surface area contributed by atoms with Gasteiger partial charge in [0.1, 0.15) is 5.15 Å². The zero-order valence-electron chi connectivity index (χ0n) is 14.9. The molecule has 0 fully saturated rings. The number of aromatic nitrogens is 2. The van der Waals surface area contributed by atoms with Crippen LogP contribution < -0.4 is 4.90 Å². The summed E-state index contributed by atoms with van der Waals surface area (Å²) in [4.78, 5) is 14.4. The molecule has 3 rings (SSSR count). The Kier molecular flexibility index (Phi) is 5.56. The highest BCUT2D eigenvalue weighted by molar-refractivity contribution is 6.33. The standard InChI is InChI=1S/C20H18ClF2N3O/c1-3-25(15-9-10-16(22)17(23)11-15)20(27)18-13(2)24-26(19(18)21)12-14-7-5-4-6-8-14/h4-11H,3,12H2,1-2H3. The maximum Gasteiger partial charge on any atom is 0.263 e. The summed E-state index contributed by atoms with van der Waals surface area (Å²) < 4.78 is 28.4. The molecule has 0 bridgehead atoms. The Labute approximate surface area is 161 Å². The van der Waals surface area contributed by atoms with E-state index in [1.54, 1.807) is 18.5 Å². The Balaban J connectivity index is 1.94. The number of amides is 1. The molecule has 3 aromatic rings. The Morgan fingerprint density at radius 2 is 1.85 bits per heavy atom. The first-order chi connectivity index (χ1) is 12.9. The maximum atomic E-state index is 13.6. The Morgan fingerprint density at radius 3 is 2.48 bits per heavy atom. The van der Waals surface area contributed by atoms with Crippen LogP contribution in [0.5, 0.6) is 0 Å². The van der Waals surface area contributed by atoms with Gasteiger partial charge in [-0.15, -0.1) is 0 Å². The predicted molar refractivity (Wildman–Crippen MR) is 101 cm³/mol. The van der Waals surface area contributed by atoms with Gasteiger partial charge in [-0.05, 0) is 31.5 Å². The molecular weight excluding hydrogens is 372 g/mol. The number of benzene rings is 2. The van der Waals surface area contributed by atoms with E-state index in [-0.39, 0.29) is 22.9 Å². The molecule has 27 heavy (non-hydrogen) atoms. The number of anilines is 1. The topological polar surface area (TPSA) is 38.1 Å². The van der Waals surface area contributed by atoms with Crippen LogP contribution >= 0.6 is 11.6 Å². The average Bonchev–Trinajstić information content (AvgIpc) is 2.93. The molecule has 1 heterocycles. The third-order valence-electron chi connectivity index (χ3n) is 4.23. The highest BCUT2D eigenvalue weighted by Gasteiger charge is 2.26. The molecule has 0 spiro atoms. The molecule has 0 unspecified atom stereocenters. The number of hydrogen-bond acceptors (Lipinski definition) is 2. The molecule has 2 aromatic carbocycles. The highest BCUT2D eigenvalue weighted by Crippen LogP contribution is 2.26. The number of carbonyl (C=O) groups excluding carboxylic acids is 1. The number of hydrogen-bond donors (Lipinski definition) is 0. The summed E-state index contributed by atoms with van der Waals surface area (Å²) in [7, 11) is 0. The van der Waals surface area contributed by atoms with Crippen molar-refractivity contribution in [3.8, 4) is 0 Å². The van der Waals surface area contributed by atoms with E-state index in [0.717, 1.165) is 17.7 Å². The van der Waals surface area contributed by atoms with Crippen molar-refractivity contribution >= 4 is 23.2 Å². The number of aryl methyl sites for hydroxylation is 1. The van der Waals surface area contributed by atoms with E-state index in [1.807, 2.05) is 30.3 Å². The molecule has 0 N–H and O–H groups in total. The van der Waals surface area contributed by atoms with E-state index in [4.69, 9.17) is 11.6 Å². The first-order valence-corrected chi connectivity index (χ1v) is 8.84. The fourth-order valence-electron chi connectivity index (χ4n) is 2.89. The number of halogens is 3. The smallest absolute Gasteiger partial charge is 0.263 e. The number of carbonyl (C=O) groups is 1. The molecule has 140 valence electrons. The normalized spacial score (nSPS) is 10.9. The predicted octanol–water partition coefficient (Wildman–Crippen LogP) is 4.84. The Morgan fingerprint density at radius 1 is 1.15 bits per heavy atom. The minimum Gasteiger partial charge on any atom is -0.308 e. The van der Waals surface area contributed by atoms with Crippen molar-refractivity contribution in [2.75, 3.05) is 11.4 Å². The van der Waals surface area contributed by atoms with Gasteiger partial charge < -0.3 is 4.90 Å². The molecule has 4 nitrogen and oxygen atoms in total. The van der Waals surface area contributed by atoms with Crippen LogP contribution in [0, 0.1) is 18.6 Å². The minimum atomic E-state index is -1.01. The molecular formula is C20H18ClF2N3O. The quantitative estimate of drug-likeness (QED) is 0.626. The molecule has 1 aromatic heterocycles. The molecule has 0 atom stereocenters. The van der Waals surface area contributed by atoms with Gasteiger partial charge in [0, 0.05) is 18.3 Å². The fraction of sp³-hybridized carbons (Fsp3) is 0.200. The molecule has 0 radical (unpaired) electrons. The van der Waals surface area contributed by atoms with Crippen molar-refractivity contribution in [1.29, 1.82) is 0 Å². The van der Waals surface area contributed by atoms with Crippen molar-refractivity contribution in [2.24, 2.45) is 0 Å². The second-order valence-electron chi connectivity index (χ2n) is 6.04. The lowest BCUT2D eigenvalue weighted by Crippen LogP contribution is -2.31. The number of nitrogens with zero attached hydrogens (tertiary/aromatic N) is 3. The van der Waals surface area contributed by atoms with Crippen LogP contribution in [-0.4, -0.2) is 22.2 Å². The Bertz CT molecular complexity index is 973. The number of rotatable bonds is 5. The largest absolute Gasteiger partial charge is 0.308 e. The lowest BCUT2D eigenvalue weighted by Gasteiger charge is -2.21. The van der Waals surface area contributed by atoms with Crippen LogP contribution in [0.2, 0.25) is 5.15 Å². The molecule has 1 amide bonds. The van der Waals surface area contributed by atoms with Crippen molar-refractivity contribution in [3.05, 3.63) is 82.1 Å². The van der Waals surface area contributed by atoms with Crippen LogP contribution in [0.25, 0.3) is 0 Å². The molecule has 0 aliphatic rings. The summed E-state index contributed by atoms with van der Waals surface area (Å²) in [5.74, 6) is -2.39. The van der Waals surface area contributed by atoms with E-state index in [0.29, 0.717) is 12.2 Å². The fourth-order valence-corrected chi connectivity index (χ4v) is 3.20. The summed E-state index contributed by atoms with van der Waals surface area (Å²) in [6, 6.07) is 13.0. The second-order valence-corrected chi connectivity index (χ2v) is 6.40. The lowest BCUT2D eigenvalue weighted by molar-refractivity contribution is 0.0987. The average molecular weight is 390 g/mol. The molecule has 0 aliphatic carbocycles. The lowest BCUT2D eigenvalue weighted by atomic mass is 10.2. The summed E-state index contributed by atoms with van der Waals surface area (Å²) in [5.41, 5.74) is 1.97. The van der Waals surface area contributed by atoms with Crippen LogP contribution in [-0.2, 0) is 6.54 Å². The van der Waals surface area contributed by atoms with Gasteiger partial charge in [0.05, 0.1) is 17.8 Å². The van der Waals surface area contributed by atoms with Gasteiger partial charge in [-0.2, -0.15) is 5.10 Å². The summed E-state index contributed by atoms with van der Waals surface area (Å²) in [5, 5.41) is 4.58. The Hall–Kier alpha value is -2.73. The zero-order valence-corrected chi connectivity index (χ0v) is 15.7. The third-order valence-corrected chi connectivity index (χ3v) is 4.61. The second kappa shape index (κ2) is 7.88. The van der Waals surface area contributed by atoms with Gasteiger partial charge in [0.15, 0.2) is 11.6 Å². The van der Waals surface area contributed by atoms with Gasteiger partial charge in [0.25, 0.3) is 5.91 Å². The van der Waals surface area contributed by atoms with Crippen LogP contribution in [0.15, 0.2) is 48.5 Å². The molecule has 0 saturated carbocycles. The summed E-state index contributed by atoms with van der Waals surface area (Å²) >= 11 is 6.44. The van der Waals surface area contributed by atoms with E-state index in [1.165, 1.54) is 11.0 Å². The van der Waals surface area contributed by atoms with E-state index in [9.17, 15) is 13.6 Å². The van der Waals surface area contributed by atoms with Gasteiger partial charge in [-0.25, -0.2) is 13.5 Å². The van der Waals surface area contributed by atoms with Crippen LogP contribution in [0.4, 0.5) is 14.5 Å². The molecule has 7 heteroatoms. The van der Waals surface area contributed by atoms with Crippen LogP contribution in [0.1, 0.15) is 28.5 Å². The van der Waals surface area contributed by atoms with Crippen LogP contribution in [0.3, 0.4) is 0 Å². The summed E-state index contributed by atoms with van der Waals surface area (Å²) in [6.07, 6.45) is 0. The van der Waals surface area contributed by atoms with Gasteiger partial charge in [-0.1, -0.05) is 41.9 Å². The SMILES string of the molecule is CCN(C(=O)c1c(C)nn(Cc2ccccc2)c1Cl)c1ccc(F)c(F)c1. The molecule has 0 aliphatic heterocycles. The van der Waals surface area contributed by atoms with Gasteiger partial charge in [0.2, 0.25) is 0 Å². The minimum absolute atomic E-state index is 0.211. The monoisotopic (exact) mass is 389 g/mol. The van der Waals surface area contributed by atoms with E-state index in [2.05, 4.69) is 5.10 Å². The van der Waals surface area contributed by atoms with Crippen molar-refractivity contribution in [3.63, 3.8) is 0 Å². The zero-order chi connectivity index (χ0) is 19.6. The maximum absolute atomic E-state index is 13.6. The van der Waals surface area contributed by atoms with Crippen molar-refractivity contribution in [1.82, 2.24) is 9.78 Å². The first-order valence-electron chi connectivity index (χ1n) is 8.46. The highest BCUT2D eigenvalue weighted by atomic mass is 35.5. The summed E-state index contributed by atoms with van der Waals surface area (Å²) in [6.45, 7) is 4.13. The van der Waals surface area contributed by atoms with Crippen molar-refractivity contribution < 1.29 is 13.6 Å². The van der Waals surface area contributed by atoms with Crippen molar-refractivity contribution in [2.45, 2.75) is 20.4 Å². The first kappa shape index (κ1) is 19.0. The third kappa shape index (κ3) is 3.85. The molecule has 0 saturated heterocycles. The van der Waals surface area contributed by atoms with Gasteiger partial charge in [-0.3, -0.25) is 4.79 Å².